The molecular formula is C12H14F2N2O3S. The lowest BCUT2D eigenvalue weighted by molar-refractivity contribution is 0.0782. The van der Waals surface area contributed by atoms with Gasteiger partial charge in [0.25, 0.3) is 5.91 Å². The number of rotatable bonds is 2. The zero-order valence-corrected chi connectivity index (χ0v) is 11.6. The number of hydrogen-bond acceptors (Lipinski definition) is 3. The summed E-state index contributed by atoms with van der Waals surface area (Å²) in [6.07, 6.45) is 0.769. The number of carbonyl (C=O) groups excluding carboxylic acids is 1. The van der Waals surface area contributed by atoms with Crippen molar-refractivity contribution in [3.63, 3.8) is 0 Å². The van der Waals surface area contributed by atoms with E-state index in [0.717, 1.165) is 12.5 Å². The van der Waals surface area contributed by atoms with Crippen molar-refractivity contribution in [2.75, 3.05) is 13.1 Å². The van der Waals surface area contributed by atoms with E-state index in [2.05, 4.69) is 0 Å². The molecule has 0 saturated carbocycles. The third-order valence-corrected chi connectivity index (χ3v) is 4.16. The molecule has 1 amide bonds. The molecule has 1 saturated heterocycles. The first-order valence-corrected chi connectivity index (χ1v) is 7.56. The summed E-state index contributed by atoms with van der Waals surface area (Å²) in [7, 11) is -4.21. The second-order valence-electron chi connectivity index (χ2n) is 4.96. The highest BCUT2D eigenvalue weighted by atomic mass is 32.2. The lowest BCUT2D eigenvalue weighted by Crippen LogP contribution is -2.30. The lowest BCUT2D eigenvalue weighted by Gasteiger charge is -2.17. The van der Waals surface area contributed by atoms with Gasteiger partial charge in [-0.1, -0.05) is 6.92 Å². The van der Waals surface area contributed by atoms with Crippen LogP contribution in [0.1, 0.15) is 23.7 Å². The van der Waals surface area contributed by atoms with E-state index in [0.29, 0.717) is 19.2 Å². The van der Waals surface area contributed by atoms with Crippen LogP contribution in [0.5, 0.6) is 0 Å². The summed E-state index contributed by atoms with van der Waals surface area (Å²) < 4.78 is 49.6. The summed E-state index contributed by atoms with van der Waals surface area (Å²) in [5.74, 6) is -3.22. The highest BCUT2D eigenvalue weighted by Gasteiger charge is 2.28. The summed E-state index contributed by atoms with van der Waals surface area (Å²) in [4.78, 5) is 12.9. The molecule has 0 radical (unpaired) electrons. The number of nitrogens with zero attached hydrogens (tertiary/aromatic N) is 1. The van der Waals surface area contributed by atoms with E-state index in [4.69, 9.17) is 5.14 Å². The highest BCUT2D eigenvalue weighted by molar-refractivity contribution is 7.89. The summed E-state index contributed by atoms with van der Waals surface area (Å²) in [5.41, 5.74) is -0.608. The maximum atomic E-state index is 13.7. The number of primary sulfonamides is 1. The van der Waals surface area contributed by atoms with E-state index in [1.54, 1.807) is 0 Å². The molecule has 2 rings (SSSR count). The van der Waals surface area contributed by atoms with Crippen molar-refractivity contribution < 1.29 is 22.0 Å². The van der Waals surface area contributed by atoms with Gasteiger partial charge in [-0.3, -0.25) is 4.79 Å². The molecule has 110 valence electrons. The van der Waals surface area contributed by atoms with Gasteiger partial charge in [-0.05, 0) is 24.5 Å². The minimum absolute atomic E-state index is 0.272. The maximum absolute atomic E-state index is 13.7. The van der Waals surface area contributed by atoms with Crippen LogP contribution in [0.4, 0.5) is 8.78 Å². The Balaban J connectivity index is 2.45. The monoisotopic (exact) mass is 304 g/mol. The number of sulfonamides is 1. The van der Waals surface area contributed by atoms with Gasteiger partial charge in [0, 0.05) is 13.1 Å². The molecule has 1 unspecified atom stereocenters. The molecule has 0 bridgehead atoms. The van der Waals surface area contributed by atoms with Crippen LogP contribution in [0.25, 0.3) is 0 Å². The quantitative estimate of drug-likeness (QED) is 0.888. The van der Waals surface area contributed by atoms with E-state index in [1.807, 2.05) is 6.92 Å². The minimum atomic E-state index is -4.21. The molecule has 1 atom stereocenters. The molecule has 8 heteroatoms. The fourth-order valence-corrected chi connectivity index (χ4v) is 2.72. The molecule has 0 aliphatic carbocycles. The van der Waals surface area contributed by atoms with E-state index < -0.39 is 38.0 Å². The van der Waals surface area contributed by atoms with E-state index in [1.165, 1.54) is 4.90 Å². The van der Waals surface area contributed by atoms with Gasteiger partial charge < -0.3 is 4.90 Å². The molecule has 1 aromatic carbocycles. The predicted molar refractivity (Wildman–Crippen MR) is 67.4 cm³/mol. The highest BCUT2D eigenvalue weighted by Crippen LogP contribution is 2.23. The van der Waals surface area contributed by atoms with Crippen molar-refractivity contribution in [2.45, 2.75) is 18.2 Å². The van der Waals surface area contributed by atoms with Gasteiger partial charge in [0.15, 0.2) is 11.6 Å². The van der Waals surface area contributed by atoms with Crippen LogP contribution in [0.3, 0.4) is 0 Å². The van der Waals surface area contributed by atoms with Crippen molar-refractivity contribution in [3.8, 4) is 0 Å². The number of carbonyl (C=O) groups is 1. The molecule has 2 N–H and O–H groups in total. The Labute approximate surface area is 115 Å². The molecule has 1 heterocycles. The SMILES string of the molecule is CC1CCN(C(=O)c2cc(S(N)(=O)=O)cc(F)c2F)C1. The molecule has 1 aliphatic rings. The average molecular weight is 304 g/mol. The number of likely N-dealkylation sites (tertiary alicyclic amines) is 1. The second kappa shape index (κ2) is 5.10. The Morgan fingerprint density at radius 2 is 2.05 bits per heavy atom. The number of amides is 1. The maximum Gasteiger partial charge on any atom is 0.256 e. The first kappa shape index (κ1) is 14.9. The van der Waals surface area contributed by atoms with Crippen LogP contribution in [-0.4, -0.2) is 32.3 Å². The van der Waals surface area contributed by atoms with Gasteiger partial charge in [-0.2, -0.15) is 0 Å². The number of benzene rings is 1. The van der Waals surface area contributed by atoms with Crippen molar-refractivity contribution in [1.29, 1.82) is 0 Å². The van der Waals surface area contributed by atoms with Crippen LogP contribution >= 0.6 is 0 Å². The van der Waals surface area contributed by atoms with Gasteiger partial charge >= 0.3 is 0 Å². The number of nitrogens with two attached hydrogens (primary N) is 1. The van der Waals surface area contributed by atoms with Crippen molar-refractivity contribution in [1.82, 2.24) is 4.90 Å². The van der Waals surface area contributed by atoms with Crippen LogP contribution in [-0.2, 0) is 10.0 Å². The molecule has 1 aliphatic heterocycles. The zero-order valence-electron chi connectivity index (χ0n) is 10.8. The van der Waals surface area contributed by atoms with E-state index in [-0.39, 0.29) is 5.92 Å². The Morgan fingerprint density at radius 1 is 1.40 bits per heavy atom. The van der Waals surface area contributed by atoms with Crippen molar-refractivity contribution in [2.24, 2.45) is 11.1 Å². The summed E-state index contributed by atoms with van der Waals surface area (Å²) in [6.45, 7) is 2.80. The van der Waals surface area contributed by atoms with Gasteiger partial charge in [-0.25, -0.2) is 22.3 Å². The summed E-state index contributed by atoms with van der Waals surface area (Å²) in [5, 5.41) is 4.88. The number of halogens is 2. The second-order valence-corrected chi connectivity index (χ2v) is 6.52. The Hall–Kier alpha value is -1.54. The first-order chi connectivity index (χ1) is 9.20. The van der Waals surface area contributed by atoms with E-state index in [9.17, 15) is 22.0 Å². The molecule has 1 aromatic rings. The minimum Gasteiger partial charge on any atom is -0.338 e. The van der Waals surface area contributed by atoms with Crippen molar-refractivity contribution in [3.05, 3.63) is 29.3 Å². The molecular weight excluding hydrogens is 290 g/mol. The standard InChI is InChI=1S/C12H14F2N2O3S/c1-7-2-3-16(6-7)12(17)9-4-8(20(15,18)19)5-10(13)11(9)14/h4-5,7H,2-3,6H2,1H3,(H2,15,18,19). The van der Waals surface area contributed by atoms with Crippen LogP contribution in [0.15, 0.2) is 17.0 Å². The summed E-state index contributed by atoms with van der Waals surface area (Å²) in [6, 6.07) is 1.24. The fourth-order valence-electron chi connectivity index (χ4n) is 2.17. The van der Waals surface area contributed by atoms with Gasteiger partial charge in [-0.15, -0.1) is 0 Å². The van der Waals surface area contributed by atoms with Crippen LogP contribution in [0, 0.1) is 17.6 Å². The molecule has 5 nitrogen and oxygen atoms in total. The largest absolute Gasteiger partial charge is 0.338 e. The smallest absolute Gasteiger partial charge is 0.256 e. The normalized spacial score (nSPS) is 19.4. The molecule has 0 spiro atoms. The van der Waals surface area contributed by atoms with Crippen LogP contribution in [0.2, 0.25) is 0 Å². The third kappa shape index (κ3) is 2.80. The van der Waals surface area contributed by atoms with Gasteiger partial charge in [0.2, 0.25) is 10.0 Å². The molecule has 1 fully saturated rings. The topological polar surface area (TPSA) is 80.5 Å². The predicted octanol–water partition coefficient (Wildman–Crippen LogP) is 1.09. The Morgan fingerprint density at radius 3 is 2.55 bits per heavy atom. The Bertz CT molecular complexity index is 661. The lowest BCUT2D eigenvalue weighted by atomic mass is 10.1. The van der Waals surface area contributed by atoms with Gasteiger partial charge in [0.05, 0.1) is 10.5 Å². The fraction of sp³-hybridized carbons (Fsp3) is 0.417. The van der Waals surface area contributed by atoms with Crippen molar-refractivity contribution >= 4 is 15.9 Å². The van der Waals surface area contributed by atoms with Gasteiger partial charge in [0.1, 0.15) is 0 Å². The van der Waals surface area contributed by atoms with E-state index >= 15 is 0 Å². The number of hydrogen-bond donors (Lipinski definition) is 1. The average Bonchev–Trinajstić information content (AvgIpc) is 2.77. The molecule has 0 aromatic heterocycles. The van der Waals surface area contributed by atoms with Crippen LogP contribution < -0.4 is 5.14 Å². The first-order valence-electron chi connectivity index (χ1n) is 6.01. The molecule has 20 heavy (non-hydrogen) atoms. The Kier molecular flexibility index (Phi) is 3.79. The third-order valence-electron chi connectivity index (χ3n) is 3.27. The summed E-state index contributed by atoms with van der Waals surface area (Å²) >= 11 is 0. The zero-order chi connectivity index (χ0) is 15.1.